The summed E-state index contributed by atoms with van der Waals surface area (Å²) in [5.74, 6) is 0.188. The first kappa shape index (κ1) is 15.6. The molecule has 3 N–H and O–H groups in total. The molecule has 1 heterocycles. The van der Waals surface area contributed by atoms with Gasteiger partial charge in [0.25, 0.3) is 0 Å². The Morgan fingerprint density at radius 3 is 2.50 bits per heavy atom. The van der Waals surface area contributed by atoms with Crippen molar-refractivity contribution in [1.82, 2.24) is 4.31 Å². The second kappa shape index (κ2) is 5.89. The van der Waals surface area contributed by atoms with Crippen molar-refractivity contribution in [2.24, 2.45) is 5.92 Å². The van der Waals surface area contributed by atoms with E-state index >= 15 is 0 Å². The Bertz CT molecular complexity index is 573. The molecule has 1 aromatic carbocycles. The van der Waals surface area contributed by atoms with E-state index in [-0.39, 0.29) is 17.4 Å². The number of piperidine rings is 1. The minimum atomic E-state index is -3.57. The zero-order valence-electron chi connectivity index (χ0n) is 11.3. The molecule has 7 heteroatoms. The monoisotopic (exact) mass is 318 g/mol. The molecule has 0 saturated carbocycles. The summed E-state index contributed by atoms with van der Waals surface area (Å²) in [5.41, 5.74) is 6.85. The van der Waals surface area contributed by atoms with Gasteiger partial charge in [0.1, 0.15) is 0 Å². The van der Waals surface area contributed by atoms with Crippen LogP contribution in [-0.2, 0) is 10.0 Å². The molecule has 0 aromatic heterocycles. The van der Waals surface area contributed by atoms with Gasteiger partial charge >= 0.3 is 0 Å². The van der Waals surface area contributed by atoms with Gasteiger partial charge in [-0.3, -0.25) is 0 Å². The number of nitrogens with two attached hydrogens (primary N) is 1. The van der Waals surface area contributed by atoms with Gasteiger partial charge in [-0.15, -0.1) is 0 Å². The molecular formula is C13H19ClN2O3S. The first-order valence-corrected chi connectivity index (χ1v) is 8.34. The van der Waals surface area contributed by atoms with Gasteiger partial charge in [0.2, 0.25) is 10.0 Å². The second-order valence-corrected chi connectivity index (χ2v) is 7.49. The van der Waals surface area contributed by atoms with Crippen LogP contribution >= 0.6 is 11.6 Å². The van der Waals surface area contributed by atoms with Crippen LogP contribution in [0.25, 0.3) is 0 Å². The third-order valence-corrected chi connectivity index (χ3v) is 6.10. The Morgan fingerprint density at radius 1 is 1.40 bits per heavy atom. The summed E-state index contributed by atoms with van der Waals surface area (Å²) in [6.45, 7) is 2.69. The van der Waals surface area contributed by atoms with E-state index in [1.54, 1.807) is 6.92 Å². The number of sulfonamides is 1. The standard InChI is InChI=1S/C13H19ClN2O3S/c1-9-12(14)6-11(7-13(9)15)20(18,19)16-4-2-10(8-17)3-5-16/h6-7,10,17H,2-5,8,15H2,1H3. The number of nitrogens with zero attached hydrogens (tertiary/aromatic N) is 1. The number of aliphatic hydroxyl groups excluding tert-OH is 1. The number of nitrogen functional groups attached to an aromatic ring is 1. The molecule has 1 fully saturated rings. The van der Waals surface area contributed by atoms with Crippen molar-refractivity contribution < 1.29 is 13.5 Å². The molecule has 20 heavy (non-hydrogen) atoms. The summed E-state index contributed by atoms with van der Waals surface area (Å²) >= 11 is 6.01. The molecule has 0 radical (unpaired) electrons. The van der Waals surface area contributed by atoms with Crippen molar-refractivity contribution in [2.45, 2.75) is 24.7 Å². The predicted octanol–water partition coefficient (Wildman–Crippen LogP) is 1.62. The minimum absolute atomic E-state index is 0.108. The van der Waals surface area contributed by atoms with Crippen molar-refractivity contribution in [3.63, 3.8) is 0 Å². The number of hydrogen-bond donors (Lipinski definition) is 2. The highest BCUT2D eigenvalue weighted by Gasteiger charge is 2.29. The zero-order chi connectivity index (χ0) is 14.9. The highest BCUT2D eigenvalue weighted by molar-refractivity contribution is 7.89. The normalized spacial score (nSPS) is 18.4. The van der Waals surface area contributed by atoms with E-state index < -0.39 is 10.0 Å². The molecular weight excluding hydrogens is 300 g/mol. The van der Waals surface area contributed by atoms with Gasteiger partial charge in [-0.2, -0.15) is 4.31 Å². The number of benzene rings is 1. The minimum Gasteiger partial charge on any atom is -0.398 e. The van der Waals surface area contributed by atoms with Crippen LogP contribution in [0.15, 0.2) is 17.0 Å². The third-order valence-electron chi connectivity index (χ3n) is 3.83. The van der Waals surface area contributed by atoms with Crippen LogP contribution in [0.1, 0.15) is 18.4 Å². The maximum atomic E-state index is 12.5. The second-order valence-electron chi connectivity index (χ2n) is 5.15. The number of hydrogen-bond acceptors (Lipinski definition) is 4. The fourth-order valence-corrected chi connectivity index (χ4v) is 4.13. The van der Waals surface area contributed by atoms with E-state index in [0.29, 0.717) is 42.2 Å². The van der Waals surface area contributed by atoms with Crippen LogP contribution in [0.4, 0.5) is 5.69 Å². The van der Waals surface area contributed by atoms with Gasteiger partial charge < -0.3 is 10.8 Å². The van der Waals surface area contributed by atoms with Crippen molar-refractivity contribution in [1.29, 1.82) is 0 Å². The number of anilines is 1. The average molecular weight is 319 g/mol. The van der Waals surface area contributed by atoms with E-state index in [4.69, 9.17) is 22.4 Å². The smallest absolute Gasteiger partial charge is 0.243 e. The number of aliphatic hydroxyl groups is 1. The lowest BCUT2D eigenvalue weighted by Crippen LogP contribution is -2.39. The van der Waals surface area contributed by atoms with Crippen molar-refractivity contribution in [3.05, 3.63) is 22.7 Å². The fourth-order valence-electron chi connectivity index (χ4n) is 2.30. The third kappa shape index (κ3) is 2.93. The van der Waals surface area contributed by atoms with Crippen LogP contribution in [0.2, 0.25) is 5.02 Å². The Morgan fingerprint density at radius 2 is 2.00 bits per heavy atom. The fraction of sp³-hybridized carbons (Fsp3) is 0.538. The van der Waals surface area contributed by atoms with Crippen LogP contribution < -0.4 is 5.73 Å². The largest absolute Gasteiger partial charge is 0.398 e. The molecule has 0 amide bonds. The van der Waals surface area contributed by atoms with Gasteiger partial charge in [-0.05, 0) is 43.4 Å². The van der Waals surface area contributed by atoms with Crippen molar-refractivity contribution in [2.75, 3.05) is 25.4 Å². The highest BCUT2D eigenvalue weighted by atomic mass is 35.5. The lowest BCUT2D eigenvalue weighted by atomic mass is 10.00. The van der Waals surface area contributed by atoms with E-state index in [2.05, 4.69) is 0 Å². The molecule has 112 valence electrons. The summed E-state index contributed by atoms with van der Waals surface area (Å²) in [4.78, 5) is 0.132. The lowest BCUT2D eigenvalue weighted by molar-refractivity contribution is 0.170. The van der Waals surface area contributed by atoms with Gasteiger partial charge in [0.15, 0.2) is 0 Å². The zero-order valence-corrected chi connectivity index (χ0v) is 12.9. The number of rotatable bonds is 3. The Hall–Kier alpha value is -0.820. The molecule has 1 saturated heterocycles. The molecule has 0 spiro atoms. The predicted molar refractivity (Wildman–Crippen MR) is 79.2 cm³/mol. The topological polar surface area (TPSA) is 83.6 Å². The van der Waals surface area contributed by atoms with Crippen LogP contribution in [-0.4, -0.2) is 37.5 Å². The van der Waals surface area contributed by atoms with Crippen LogP contribution in [0.5, 0.6) is 0 Å². The SMILES string of the molecule is Cc1c(N)cc(S(=O)(=O)N2CCC(CO)CC2)cc1Cl. The maximum absolute atomic E-state index is 12.5. The summed E-state index contributed by atoms with van der Waals surface area (Å²) in [6.07, 6.45) is 1.34. The van der Waals surface area contributed by atoms with Gasteiger partial charge in [-0.25, -0.2) is 8.42 Å². The Kier molecular flexibility index (Phi) is 4.59. The molecule has 0 bridgehead atoms. The van der Waals surface area contributed by atoms with E-state index in [0.717, 1.165) is 0 Å². The van der Waals surface area contributed by atoms with Crippen LogP contribution in [0, 0.1) is 12.8 Å². The molecule has 0 aliphatic carbocycles. The van der Waals surface area contributed by atoms with E-state index in [1.165, 1.54) is 16.4 Å². The molecule has 5 nitrogen and oxygen atoms in total. The summed E-state index contributed by atoms with van der Waals surface area (Å²) in [6, 6.07) is 2.90. The Labute approximate surface area is 124 Å². The summed E-state index contributed by atoms with van der Waals surface area (Å²) in [5, 5.41) is 9.45. The van der Waals surface area contributed by atoms with E-state index in [9.17, 15) is 8.42 Å². The summed E-state index contributed by atoms with van der Waals surface area (Å²) in [7, 11) is -3.57. The molecule has 0 unspecified atom stereocenters. The maximum Gasteiger partial charge on any atom is 0.243 e. The average Bonchev–Trinajstić information content (AvgIpc) is 2.44. The molecule has 2 rings (SSSR count). The lowest BCUT2D eigenvalue weighted by Gasteiger charge is -2.30. The van der Waals surface area contributed by atoms with E-state index in [1.807, 2.05) is 0 Å². The quantitative estimate of drug-likeness (QED) is 0.830. The van der Waals surface area contributed by atoms with Crippen molar-refractivity contribution in [3.8, 4) is 0 Å². The Balaban J connectivity index is 2.27. The number of halogens is 1. The molecule has 1 aliphatic rings. The summed E-state index contributed by atoms with van der Waals surface area (Å²) < 4.78 is 26.5. The van der Waals surface area contributed by atoms with Crippen molar-refractivity contribution >= 4 is 27.3 Å². The molecule has 1 aliphatic heterocycles. The van der Waals surface area contributed by atoms with Gasteiger partial charge in [-0.1, -0.05) is 11.6 Å². The van der Waals surface area contributed by atoms with Crippen LogP contribution in [0.3, 0.4) is 0 Å². The first-order valence-electron chi connectivity index (χ1n) is 6.53. The van der Waals surface area contributed by atoms with Gasteiger partial charge in [0, 0.05) is 30.4 Å². The molecule has 1 aromatic rings. The molecule has 0 atom stereocenters. The van der Waals surface area contributed by atoms with Gasteiger partial charge in [0.05, 0.1) is 4.90 Å². The highest BCUT2D eigenvalue weighted by Crippen LogP contribution is 2.29. The first-order chi connectivity index (χ1) is 9.36.